The first-order chi connectivity index (χ1) is 23.0. The van der Waals surface area contributed by atoms with E-state index in [0.717, 1.165) is 0 Å². The molecule has 14 heteroatoms. The summed E-state index contributed by atoms with van der Waals surface area (Å²) in [5.74, 6) is -2.85. The van der Waals surface area contributed by atoms with Gasteiger partial charge in [-0.2, -0.15) is 0 Å². The van der Waals surface area contributed by atoms with Crippen LogP contribution in [0.25, 0.3) is 0 Å². The number of carbonyl (C=O) groups is 6. The van der Waals surface area contributed by atoms with Crippen molar-refractivity contribution < 1.29 is 57.2 Å². The Bertz CT molecular complexity index is 1340. The fourth-order valence-corrected chi connectivity index (χ4v) is 3.71. The molecular formula is C36H48N2O12. The monoisotopic (exact) mass is 700 g/mol. The second kappa shape index (κ2) is 19.0. The quantitative estimate of drug-likeness (QED) is 0.121. The molecule has 0 spiro atoms. The van der Waals surface area contributed by atoms with Crippen LogP contribution in [0.2, 0.25) is 0 Å². The van der Waals surface area contributed by atoms with Crippen molar-refractivity contribution in [2.24, 2.45) is 0 Å². The third kappa shape index (κ3) is 14.8. The molecule has 0 atom stereocenters. The lowest BCUT2D eigenvalue weighted by Crippen LogP contribution is -2.45. The number of carbonyl (C=O) groups excluding carboxylic acids is 6. The highest BCUT2D eigenvalue weighted by atomic mass is 16.6. The second-order valence-corrected chi connectivity index (χ2v) is 12.7. The molecule has 1 aromatic carbocycles. The molecule has 0 unspecified atom stereocenters. The fourth-order valence-electron chi connectivity index (χ4n) is 3.71. The van der Waals surface area contributed by atoms with Crippen LogP contribution in [0.3, 0.4) is 0 Å². The van der Waals surface area contributed by atoms with Gasteiger partial charge in [0.1, 0.15) is 26.4 Å². The normalized spacial score (nSPS) is 11.1. The van der Waals surface area contributed by atoms with Gasteiger partial charge in [0, 0.05) is 22.3 Å². The number of nitrogens with one attached hydrogen (secondary N) is 2. The Morgan fingerprint density at radius 3 is 1.06 bits per heavy atom. The Morgan fingerprint density at radius 2 is 0.820 bits per heavy atom. The molecular weight excluding hydrogens is 652 g/mol. The van der Waals surface area contributed by atoms with E-state index in [9.17, 15) is 28.8 Å². The van der Waals surface area contributed by atoms with Crippen LogP contribution >= 0.6 is 0 Å². The van der Waals surface area contributed by atoms with Crippen molar-refractivity contribution >= 4 is 36.1 Å². The standard InChI is InChI=1S/C36H48N2O12/c1-21(2)29(39)45-17-27(18-46-30(40)22(3)4)49-33(43)37-35(9,10)25-14-13-15-26(16-25)36(11,12)38-34(44)50-28(19-47-31(41)23(5)6)20-48-32(42)24(7)8/h13-16,27-28H,1,3,5,7,17-20H2,2,4,6,8-12H3,(H,37,43)(H,38,44). The van der Waals surface area contributed by atoms with E-state index < -0.39 is 85.8 Å². The molecule has 2 amide bonds. The van der Waals surface area contributed by atoms with E-state index in [1.807, 2.05) is 0 Å². The van der Waals surface area contributed by atoms with Crippen LogP contribution in [-0.4, -0.2) is 74.7 Å². The van der Waals surface area contributed by atoms with E-state index in [1.165, 1.54) is 27.7 Å². The molecule has 0 saturated carbocycles. The predicted molar refractivity (Wildman–Crippen MR) is 182 cm³/mol. The summed E-state index contributed by atoms with van der Waals surface area (Å²) in [5.41, 5.74) is -0.321. The molecule has 0 aliphatic carbocycles. The molecule has 50 heavy (non-hydrogen) atoms. The smallest absolute Gasteiger partial charge is 0.408 e. The Hall–Kier alpha value is -5.40. The average Bonchev–Trinajstić information content (AvgIpc) is 3.01. The van der Waals surface area contributed by atoms with Crippen molar-refractivity contribution in [3.63, 3.8) is 0 Å². The van der Waals surface area contributed by atoms with E-state index in [2.05, 4.69) is 36.9 Å². The summed E-state index contributed by atoms with van der Waals surface area (Å²) < 4.78 is 31.3. The Kier molecular flexibility index (Phi) is 16.2. The second-order valence-electron chi connectivity index (χ2n) is 12.7. The molecule has 0 bridgehead atoms. The first-order valence-corrected chi connectivity index (χ1v) is 15.4. The SMILES string of the molecule is C=C(C)C(=O)OCC(COC(=O)C(=C)C)OC(=O)NC(C)(C)c1cccc(C(C)(C)NC(=O)OC(COC(=O)C(=C)C)COC(=O)C(=C)C)c1. The Labute approximate surface area is 292 Å². The van der Waals surface area contributed by atoms with Gasteiger partial charge in [0.15, 0.2) is 12.2 Å². The molecule has 1 rings (SSSR count). The van der Waals surface area contributed by atoms with E-state index in [1.54, 1.807) is 52.0 Å². The summed E-state index contributed by atoms with van der Waals surface area (Å²) in [6.07, 6.45) is -4.07. The molecule has 274 valence electrons. The van der Waals surface area contributed by atoms with Gasteiger partial charge in [-0.1, -0.05) is 50.6 Å². The maximum atomic E-state index is 13.0. The topological polar surface area (TPSA) is 182 Å². The fraction of sp³-hybridized carbons (Fsp3) is 0.444. The van der Waals surface area contributed by atoms with Gasteiger partial charge in [-0.3, -0.25) is 0 Å². The highest BCUT2D eigenvalue weighted by Gasteiger charge is 2.31. The van der Waals surface area contributed by atoms with Crippen LogP contribution in [-0.2, 0) is 58.7 Å². The molecule has 0 heterocycles. The summed E-state index contributed by atoms with van der Waals surface area (Å²) in [5, 5.41) is 5.49. The van der Waals surface area contributed by atoms with Gasteiger partial charge in [0.2, 0.25) is 0 Å². The number of amides is 2. The number of benzene rings is 1. The van der Waals surface area contributed by atoms with Gasteiger partial charge in [0.05, 0.1) is 11.1 Å². The number of alkyl carbamates (subject to hydrolysis) is 2. The molecule has 0 fully saturated rings. The number of esters is 4. The highest BCUT2D eigenvalue weighted by Crippen LogP contribution is 2.27. The van der Waals surface area contributed by atoms with Crippen molar-refractivity contribution in [1.82, 2.24) is 10.6 Å². The largest absolute Gasteiger partial charge is 0.458 e. The third-order valence-electron chi connectivity index (χ3n) is 6.68. The first kappa shape index (κ1) is 42.6. The van der Waals surface area contributed by atoms with Gasteiger partial charge in [-0.15, -0.1) is 0 Å². The van der Waals surface area contributed by atoms with Crippen molar-refractivity contribution in [1.29, 1.82) is 0 Å². The number of ether oxygens (including phenoxy) is 6. The van der Waals surface area contributed by atoms with E-state index in [0.29, 0.717) is 11.1 Å². The van der Waals surface area contributed by atoms with Crippen LogP contribution in [0.4, 0.5) is 9.59 Å². The van der Waals surface area contributed by atoms with E-state index in [4.69, 9.17) is 28.4 Å². The molecule has 0 radical (unpaired) electrons. The minimum atomic E-state index is -1.14. The zero-order valence-electron chi connectivity index (χ0n) is 30.0. The van der Waals surface area contributed by atoms with Gasteiger partial charge >= 0.3 is 36.1 Å². The van der Waals surface area contributed by atoms with Gasteiger partial charge in [-0.05, 0) is 66.5 Å². The number of hydrogen-bond donors (Lipinski definition) is 2. The molecule has 0 aliphatic rings. The van der Waals surface area contributed by atoms with E-state index in [-0.39, 0.29) is 22.3 Å². The summed E-state index contributed by atoms with van der Waals surface area (Å²) in [6, 6.07) is 6.98. The lowest BCUT2D eigenvalue weighted by Gasteiger charge is -2.31. The molecule has 1 aromatic rings. The Balaban J connectivity index is 3.07. The molecule has 2 N–H and O–H groups in total. The zero-order chi connectivity index (χ0) is 38.4. The maximum absolute atomic E-state index is 13.0. The average molecular weight is 701 g/mol. The summed E-state index contributed by atoms with van der Waals surface area (Å²) in [7, 11) is 0. The molecule has 14 nitrogen and oxygen atoms in total. The molecule has 0 aromatic heterocycles. The Morgan fingerprint density at radius 1 is 0.560 bits per heavy atom. The van der Waals surface area contributed by atoms with Crippen LogP contribution in [0.15, 0.2) is 72.9 Å². The van der Waals surface area contributed by atoms with E-state index >= 15 is 0 Å². The van der Waals surface area contributed by atoms with Crippen LogP contribution in [0.1, 0.15) is 66.5 Å². The summed E-state index contributed by atoms with van der Waals surface area (Å²) >= 11 is 0. The number of hydrogen-bond acceptors (Lipinski definition) is 12. The van der Waals surface area contributed by atoms with Gasteiger partial charge in [-0.25, -0.2) is 28.8 Å². The van der Waals surface area contributed by atoms with Crippen molar-refractivity contribution in [3.05, 3.63) is 84.0 Å². The van der Waals surface area contributed by atoms with Crippen LogP contribution in [0.5, 0.6) is 0 Å². The number of rotatable bonds is 18. The lowest BCUT2D eigenvalue weighted by atomic mass is 9.87. The molecule has 0 aliphatic heterocycles. The maximum Gasteiger partial charge on any atom is 0.408 e. The zero-order valence-corrected chi connectivity index (χ0v) is 30.0. The summed E-state index contributed by atoms with van der Waals surface area (Å²) in [4.78, 5) is 73.6. The van der Waals surface area contributed by atoms with Crippen molar-refractivity contribution in [3.8, 4) is 0 Å². The third-order valence-corrected chi connectivity index (χ3v) is 6.68. The predicted octanol–water partition coefficient (Wildman–Crippen LogP) is 4.82. The minimum Gasteiger partial charge on any atom is -0.458 e. The minimum absolute atomic E-state index is 0.131. The molecule has 0 saturated heterocycles. The van der Waals surface area contributed by atoms with Gasteiger partial charge in [0.25, 0.3) is 0 Å². The summed E-state index contributed by atoms with van der Waals surface area (Å²) in [6.45, 7) is 25.1. The van der Waals surface area contributed by atoms with Crippen LogP contribution in [0, 0.1) is 0 Å². The lowest BCUT2D eigenvalue weighted by molar-refractivity contribution is -0.149. The highest BCUT2D eigenvalue weighted by molar-refractivity contribution is 5.88. The van der Waals surface area contributed by atoms with Crippen LogP contribution < -0.4 is 10.6 Å². The first-order valence-electron chi connectivity index (χ1n) is 15.4. The van der Waals surface area contributed by atoms with Crippen molar-refractivity contribution in [2.45, 2.75) is 78.7 Å². The van der Waals surface area contributed by atoms with Crippen molar-refractivity contribution in [2.75, 3.05) is 26.4 Å². The van der Waals surface area contributed by atoms with Gasteiger partial charge < -0.3 is 39.1 Å².